The molecule has 1 aliphatic rings. The standard InChI is InChI=1S/C13H17BrN2O3/c1-13(2)11(7-12(13)19-3)15-9-5-4-8(14)6-10(9)16(17)18/h4-6,11-12,15H,7H2,1-3H3. The van der Waals surface area contributed by atoms with Gasteiger partial charge in [0, 0.05) is 29.1 Å². The topological polar surface area (TPSA) is 64.4 Å². The highest BCUT2D eigenvalue weighted by atomic mass is 79.9. The first-order valence-corrected chi connectivity index (χ1v) is 6.89. The lowest BCUT2D eigenvalue weighted by Crippen LogP contribution is -2.57. The van der Waals surface area contributed by atoms with Crippen molar-refractivity contribution >= 4 is 27.3 Å². The van der Waals surface area contributed by atoms with Gasteiger partial charge in [-0.1, -0.05) is 29.8 Å². The summed E-state index contributed by atoms with van der Waals surface area (Å²) in [5.74, 6) is 0. The van der Waals surface area contributed by atoms with Crippen molar-refractivity contribution in [1.82, 2.24) is 0 Å². The van der Waals surface area contributed by atoms with Gasteiger partial charge in [-0.2, -0.15) is 0 Å². The van der Waals surface area contributed by atoms with Crippen molar-refractivity contribution in [3.8, 4) is 0 Å². The highest BCUT2D eigenvalue weighted by Gasteiger charge is 2.48. The number of hydrogen-bond acceptors (Lipinski definition) is 4. The Labute approximate surface area is 120 Å². The zero-order valence-electron chi connectivity index (χ0n) is 11.1. The predicted octanol–water partition coefficient (Wildman–Crippen LogP) is 3.58. The van der Waals surface area contributed by atoms with Crippen LogP contribution in [0.4, 0.5) is 11.4 Å². The van der Waals surface area contributed by atoms with Crippen LogP contribution in [0.1, 0.15) is 20.3 Å². The van der Waals surface area contributed by atoms with Crippen LogP contribution in [0.15, 0.2) is 22.7 Å². The van der Waals surface area contributed by atoms with Crippen LogP contribution in [-0.2, 0) is 4.74 Å². The van der Waals surface area contributed by atoms with Gasteiger partial charge in [0.05, 0.1) is 11.0 Å². The van der Waals surface area contributed by atoms with Crippen molar-refractivity contribution in [1.29, 1.82) is 0 Å². The lowest BCUT2D eigenvalue weighted by atomic mass is 9.64. The molecule has 0 aromatic heterocycles. The maximum atomic E-state index is 11.1. The fourth-order valence-corrected chi connectivity index (χ4v) is 2.84. The minimum atomic E-state index is -0.368. The first kappa shape index (κ1) is 14.3. The lowest BCUT2D eigenvalue weighted by molar-refractivity contribution is -0.384. The molecule has 5 nitrogen and oxygen atoms in total. The molecule has 104 valence electrons. The third-order valence-electron chi connectivity index (χ3n) is 3.95. The van der Waals surface area contributed by atoms with Crippen molar-refractivity contribution in [3.63, 3.8) is 0 Å². The van der Waals surface area contributed by atoms with E-state index in [9.17, 15) is 10.1 Å². The van der Waals surface area contributed by atoms with Crippen LogP contribution in [-0.4, -0.2) is 24.2 Å². The molecule has 6 heteroatoms. The van der Waals surface area contributed by atoms with Gasteiger partial charge in [0.2, 0.25) is 0 Å². The zero-order chi connectivity index (χ0) is 14.2. The van der Waals surface area contributed by atoms with Gasteiger partial charge in [0.15, 0.2) is 0 Å². The highest BCUT2D eigenvalue weighted by molar-refractivity contribution is 9.10. The summed E-state index contributed by atoms with van der Waals surface area (Å²) in [6.07, 6.45) is 1.05. The number of benzene rings is 1. The average molecular weight is 329 g/mol. The van der Waals surface area contributed by atoms with E-state index in [1.54, 1.807) is 19.2 Å². The minimum absolute atomic E-state index is 0.0321. The Hall–Kier alpha value is -1.14. The van der Waals surface area contributed by atoms with Gasteiger partial charge >= 0.3 is 0 Å². The molecule has 0 aliphatic heterocycles. The molecule has 1 N–H and O–H groups in total. The third-order valence-corrected chi connectivity index (χ3v) is 4.44. The number of ether oxygens (including phenoxy) is 1. The molecular formula is C13H17BrN2O3. The van der Waals surface area contributed by atoms with Gasteiger partial charge in [0.25, 0.3) is 5.69 Å². The van der Waals surface area contributed by atoms with E-state index >= 15 is 0 Å². The average Bonchev–Trinajstić information content (AvgIpc) is 2.35. The number of methoxy groups -OCH3 is 1. The van der Waals surface area contributed by atoms with Crippen LogP contribution in [0.3, 0.4) is 0 Å². The van der Waals surface area contributed by atoms with Crippen LogP contribution < -0.4 is 5.32 Å². The summed E-state index contributed by atoms with van der Waals surface area (Å²) in [6.45, 7) is 4.21. The molecule has 1 fully saturated rings. The number of nitro benzene ring substituents is 1. The van der Waals surface area contributed by atoms with Gasteiger partial charge < -0.3 is 10.1 Å². The second kappa shape index (κ2) is 5.09. The largest absolute Gasteiger partial charge is 0.381 e. The van der Waals surface area contributed by atoms with E-state index in [0.717, 1.165) is 6.42 Å². The Balaban J connectivity index is 2.19. The Kier molecular flexibility index (Phi) is 3.82. The number of hydrogen-bond donors (Lipinski definition) is 1. The highest BCUT2D eigenvalue weighted by Crippen LogP contribution is 2.45. The van der Waals surface area contributed by atoms with Crippen LogP contribution >= 0.6 is 15.9 Å². The maximum absolute atomic E-state index is 11.1. The van der Waals surface area contributed by atoms with Gasteiger partial charge in [-0.25, -0.2) is 0 Å². The Morgan fingerprint density at radius 3 is 2.74 bits per heavy atom. The molecule has 2 rings (SSSR count). The second-order valence-corrected chi connectivity index (χ2v) is 6.31. The first-order chi connectivity index (χ1) is 8.86. The fourth-order valence-electron chi connectivity index (χ4n) is 2.50. The summed E-state index contributed by atoms with van der Waals surface area (Å²) in [5.41, 5.74) is 0.613. The fraction of sp³-hybridized carbons (Fsp3) is 0.538. The zero-order valence-corrected chi connectivity index (χ0v) is 12.7. The van der Waals surface area contributed by atoms with E-state index < -0.39 is 0 Å². The molecule has 1 aromatic carbocycles. The van der Waals surface area contributed by atoms with Crippen molar-refractivity contribution in [2.75, 3.05) is 12.4 Å². The van der Waals surface area contributed by atoms with E-state index in [4.69, 9.17) is 4.74 Å². The van der Waals surface area contributed by atoms with Gasteiger partial charge in [-0.15, -0.1) is 0 Å². The number of nitro groups is 1. The molecule has 1 aliphatic carbocycles. The first-order valence-electron chi connectivity index (χ1n) is 6.09. The number of rotatable bonds is 4. The summed E-state index contributed by atoms with van der Waals surface area (Å²) < 4.78 is 6.09. The monoisotopic (exact) mass is 328 g/mol. The second-order valence-electron chi connectivity index (χ2n) is 5.40. The maximum Gasteiger partial charge on any atom is 0.293 e. The summed E-state index contributed by atoms with van der Waals surface area (Å²) in [6, 6.07) is 5.23. The number of halogens is 1. The minimum Gasteiger partial charge on any atom is -0.381 e. The van der Waals surface area contributed by atoms with Crippen molar-refractivity contribution in [2.24, 2.45) is 5.41 Å². The molecule has 0 spiro atoms. The van der Waals surface area contributed by atoms with Crippen LogP contribution in [0.5, 0.6) is 0 Å². The van der Waals surface area contributed by atoms with Gasteiger partial charge in [-0.3, -0.25) is 10.1 Å². The van der Waals surface area contributed by atoms with Crippen molar-refractivity contribution in [2.45, 2.75) is 32.4 Å². The Bertz CT molecular complexity index is 505. The van der Waals surface area contributed by atoms with E-state index in [-0.39, 0.29) is 28.2 Å². The Morgan fingerprint density at radius 2 is 2.21 bits per heavy atom. The molecule has 0 bridgehead atoms. The molecule has 2 unspecified atom stereocenters. The number of nitrogens with zero attached hydrogens (tertiary/aromatic N) is 1. The summed E-state index contributed by atoms with van der Waals surface area (Å²) in [4.78, 5) is 10.7. The Morgan fingerprint density at radius 1 is 1.53 bits per heavy atom. The van der Waals surface area contributed by atoms with Gasteiger partial charge in [0.1, 0.15) is 5.69 Å². The third kappa shape index (κ3) is 2.60. The van der Waals surface area contributed by atoms with Crippen LogP contribution in [0.2, 0.25) is 0 Å². The smallest absolute Gasteiger partial charge is 0.293 e. The molecule has 0 radical (unpaired) electrons. The summed E-state index contributed by atoms with van der Waals surface area (Å²) in [7, 11) is 1.70. The molecule has 0 heterocycles. The molecular weight excluding hydrogens is 312 g/mol. The molecule has 1 aromatic rings. The molecule has 0 amide bonds. The van der Waals surface area contributed by atoms with E-state index in [1.807, 2.05) is 0 Å². The number of nitrogens with one attached hydrogen (secondary N) is 1. The quantitative estimate of drug-likeness (QED) is 0.677. The summed E-state index contributed by atoms with van der Waals surface area (Å²) in [5, 5.41) is 14.3. The van der Waals surface area contributed by atoms with Crippen LogP contribution in [0, 0.1) is 15.5 Å². The normalized spacial score (nSPS) is 24.6. The molecule has 0 saturated heterocycles. The molecule has 2 atom stereocenters. The molecule has 19 heavy (non-hydrogen) atoms. The van der Waals surface area contributed by atoms with Gasteiger partial charge in [-0.05, 0) is 18.6 Å². The molecule has 1 saturated carbocycles. The van der Waals surface area contributed by atoms with Crippen molar-refractivity contribution in [3.05, 3.63) is 32.8 Å². The lowest BCUT2D eigenvalue weighted by Gasteiger charge is -2.51. The van der Waals surface area contributed by atoms with E-state index in [1.165, 1.54) is 6.07 Å². The van der Waals surface area contributed by atoms with E-state index in [2.05, 4.69) is 35.1 Å². The van der Waals surface area contributed by atoms with Crippen LogP contribution in [0.25, 0.3) is 0 Å². The van der Waals surface area contributed by atoms with E-state index in [0.29, 0.717) is 10.2 Å². The van der Waals surface area contributed by atoms with Crippen molar-refractivity contribution < 1.29 is 9.66 Å². The number of anilines is 1. The SMILES string of the molecule is COC1CC(Nc2ccc(Br)cc2[N+](=O)[O-])C1(C)C. The predicted molar refractivity (Wildman–Crippen MR) is 77.4 cm³/mol. The summed E-state index contributed by atoms with van der Waals surface area (Å²) >= 11 is 3.25.